The Morgan fingerprint density at radius 2 is 1.51 bits per heavy atom. The maximum atomic E-state index is 13.0. The number of hydrogen-bond donors (Lipinski definition) is 2. The highest BCUT2D eigenvalue weighted by atomic mass is 16.6. The minimum absolute atomic E-state index is 0.0384. The van der Waals surface area contributed by atoms with E-state index in [1.807, 2.05) is 24.3 Å². The van der Waals surface area contributed by atoms with E-state index >= 15 is 0 Å². The fraction of sp³-hybridized carbons (Fsp3) is 0.444. The van der Waals surface area contributed by atoms with Crippen LogP contribution in [0.2, 0.25) is 0 Å². The molecule has 0 aliphatic heterocycles. The van der Waals surface area contributed by atoms with Crippen LogP contribution in [0.1, 0.15) is 57.1 Å². The second-order valence-electron chi connectivity index (χ2n) is 9.57. The molecule has 1 aliphatic rings. The summed E-state index contributed by atoms with van der Waals surface area (Å²) in [6, 6.07) is 16.2. The van der Waals surface area contributed by atoms with Crippen LogP contribution in [-0.4, -0.2) is 60.0 Å². The summed E-state index contributed by atoms with van der Waals surface area (Å²) in [6.07, 6.45) is -0.246. The molecular weight excluding hydrogens is 448 g/mol. The molecule has 2 N–H and O–H groups in total. The van der Waals surface area contributed by atoms with Crippen LogP contribution in [0, 0.1) is 0 Å². The number of carbonyl (C=O) groups is 3. The molecule has 8 heteroatoms. The molecule has 0 saturated heterocycles. The highest BCUT2D eigenvalue weighted by Gasteiger charge is 2.29. The van der Waals surface area contributed by atoms with Crippen molar-refractivity contribution in [3.05, 3.63) is 59.7 Å². The first-order valence-electron chi connectivity index (χ1n) is 11.9. The van der Waals surface area contributed by atoms with E-state index in [4.69, 9.17) is 14.6 Å². The van der Waals surface area contributed by atoms with Crippen LogP contribution in [-0.2, 0) is 14.3 Å². The van der Waals surface area contributed by atoms with E-state index in [-0.39, 0.29) is 25.5 Å². The molecule has 0 heterocycles. The maximum Gasteiger partial charge on any atom is 0.409 e. The van der Waals surface area contributed by atoms with Crippen LogP contribution in [0.25, 0.3) is 11.1 Å². The molecule has 0 spiro atoms. The van der Waals surface area contributed by atoms with Gasteiger partial charge in [-0.3, -0.25) is 4.79 Å². The zero-order chi connectivity index (χ0) is 25.4. The number of carboxylic acids is 1. The summed E-state index contributed by atoms with van der Waals surface area (Å²) in [5.41, 5.74) is 3.96. The third-order valence-electron chi connectivity index (χ3n) is 5.69. The Morgan fingerprint density at radius 1 is 0.943 bits per heavy atom. The Labute approximate surface area is 206 Å². The molecule has 8 nitrogen and oxygen atoms in total. The van der Waals surface area contributed by atoms with E-state index < -0.39 is 23.8 Å². The van der Waals surface area contributed by atoms with Gasteiger partial charge in [0.25, 0.3) is 0 Å². The molecule has 2 aromatic carbocycles. The molecular formula is C27H34N2O6. The smallest absolute Gasteiger partial charge is 0.409 e. The molecule has 0 bridgehead atoms. The average molecular weight is 483 g/mol. The molecule has 188 valence electrons. The van der Waals surface area contributed by atoms with Gasteiger partial charge < -0.3 is 24.8 Å². The number of carboxylic acid groups (broad SMARTS) is 1. The fourth-order valence-electron chi connectivity index (χ4n) is 4.18. The number of aliphatic carboxylic acids is 1. The lowest BCUT2D eigenvalue weighted by Gasteiger charge is -2.24. The number of amides is 2. The van der Waals surface area contributed by atoms with Gasteiger partial charge in [0.05, 0.1) is 0 Å². The molecule has 0 aromatic heterocycles. The fourth-order valence-corrected chi connectivity index (χ4v) is 4.18. The summed E-state index contributed by atoms with van der Waals surface area (Å²) in [6.45, 7) is 6.46. The van der Waals surface area contributed by atoms with E-state index in [1.54, 1.807) is 20.8 Å². The summed E-state index contributed by atoms with van der Waals surface area (Å²) >= 11 is 0. The van der Waals surface area contributed by atoms with Gasteiger partial charge in [-0.25, -0.2) is 9.59 Å². The van der Waals surface area contributed by atoms with Gasteiger partial charge in [0.15, 0.2) is 0 Å². The van der Waals surface area contributed by atoms with Crippen LogP contribution >= 0.6 is 0 Å². The number of ether oxygens (including phenoxy) is 2. The predicted molar refractivity (Wildman–Crippen MR) is 132 cm³/mol. The summed E-state index contributed by atoms with van der Waals surface area (Å²) in [5.74, 6) is -0.967. The monoisotopic (exact) mass is 482 g/mol. The third-order valence-corrected chi connectivity index (χ3v) is 5.69. The number of rotatable bonds is 10. The Kier molecular flexibility index (Phi) is 8.73. The SMILES string of the molecule is CC(C)(C)OC(=O)NCCCN(CCCC(=O)O)C(=O)OCC1c2ccccc2-c2ccccc21. The van der Waals surface area contributed by atoms with Gasteiger partial charge in [-0.15, -0.1) is 0 Å². The topological polar surface area (TPSA) is 105 Å². The molecule has 0 fully saturated rings. The number of fused-ring (bicyclic) bond motifs is 3. The Balaban J connectivity index is 1.58. The number of nitrogens with zero attached hydrogens (tertiary/aromatic N) is 1. The Hall–Kier alpha value is -3.55. The van der Waals surface area contributed by atoms with Crippen LogP contribution < -0.4 is 5.32 Å². The molecule has 0 unspecified atom stereocenters. The minimum Gasteiger partial charge on any atom is -0.481 e. The molecule has 2 aromatic rings. The van der Waals surface area contributed by atoms with Crippen LogP contribution in [0.4, 0.5) is 9.59 Å². The van der Waals surface area contributed by atoms with E-state index in [0.717, 1.165) is 22.3 Å². The molecule has 0 saturated carbocycles. The minimum atomic E-state index is -0.913. The molecule has 1 aliphatic carbocycles. The van der Waals surface area contributed by atoms with Gasteiger partial charge in [0, 0.05) is 32.0 Å². The summed E-state index contributed by atoms with van der Waals surface area (Å²) in [7, 11) is 0. The van der Waals surface area contributed by atoms with Crippen LogP contribution in [0.3, 0.4) is 0 Å². The van der Waals surface area contributed by atoms with E-state index in [2.05, 4.69) is 29.6 Å². The standard InChI is InChI=1S/C27H34N2O6/c1-27(2,3)35-25(32)28-15-9-17-29(16-8-14-24(30)31)26(33)34-18-23-21-12-6-4-10-19(21)20-11-5-7-13-22(20)23/h4-7,10-13,23H,8-9,14-18H2,1-3H3,(H,28,32)(H,30,31). The van der Waals surface area contributed by atoms with Gasteiger partial charge in [-0.2, -0.15) is 0 Å². The van der Waals surface area contributed by atoms with Crippen molar-refractivity contribution in [2.24, 2.45) is 0 Å². The third kappa shape index (κ3) is 7.47. The van der Waals surface area contributed by atoms with Gasteiger partial charge in [-0.05, 0) is 55.9 Å². The normalized spacial score (nSPS) is 12.4. The quantitative estimate of drug-likeness (QED) is 0.461. The van der Waals surface area contributed by atoms with Gasteiger partial charge in [0.1, 0.15) is 12.2 Å². The summed E-state index contributed by atoms with van der Waals surface area (Å²) < 4.78 is 10.9. The second kappa shape index (κ2) is 11.7. The molecule has 0 atom stereocenters. The summed E-state index contributed by atoms with van der Waals surface area (Å²) in [5, 5.41) is 11.6. The lowest BCUT2D eigenvalue weighted by Crippen LogP contribution is -2.37. The molecule has 0 radical (unpaired) electrons. The Morgan fingerprint density at radius 3 is 2.09 bits per heavy atom. The first kappa shape index (κ1) is 26.1. The van der Waals surface area contributed by atoms with E-state index in [1.165, 1.54) is 4.90 Å². The highest BCUT2D eigenvalue weighted by Crippen LogP contribution is 2.44. The van der Waals surface area contributed by atoms with Crippen molar-refractivity contribution in [1.82, 2.24) is 10.2 Å². The van der Waals surface area contributed by atoms with E-state index in [0.29, 0.717) is 25.9 Å². The number of benzene rings is 2. The number of carbonyl (C=O) groups excluding carboxylic acids is 2. The van der Waals surface area contributed by atoms with Crippen molar-refractivity contribution in [2.45, 2.75) is 51.6 Å². The average Bonchev–Trinajstić information content (AvgIpc) is 3.11. The lowest BCUT2D eigenvalue weighted by atomic mass is 9.98. The van der Waals surface area contributed by atoms with Gasteiger partial charge in [-0.1, -0.05) is 48.5 Å². The highest BCUT2D eigenvalue weighted by molar-refractivity contribution is 5.79. The zero-order valence-electron chi connectivity index (χ0n) is 20.6. The van der Waals surface area contributed by atoms with E-state index in [9.17, 15) is 14.4 Å². The lowest BCUT2D eigenvalue weighted by molar-refractivity contribution is -0.137. The van der Waals surface area contributed by atoms with Crippen molar-refractivity contribution in [2.75, 3.05) is 26.2 Å². The summed E-state index contributed by atoms with van der Waals surface area (Å²) in [4.78, 5) is 37.2. The van der Waals surface area contributed by atoms with Crippen molar-refractivity contribution in [3.8, 4) is 11.1 Å². The molecule has 35 heavy (non-hydrogen) atoms. The van der Waals surface area contributed by atoms with Crippen molar-refractivity contribution < 1.29 is 29.0 Å². The van der Waals surface area contributed by atoms with Crippen molar-refractivity contribution in [3.63, 3.8) is 0 Å². The second-order valence-corrected chi connectivity index (χ2v) is 9.57. The maximum absolute atomic E-state index is 13.0. The van der Waals surface area contributed by atoms with Crippen LogP contribution in [0.15, 0.2) is 48.5 Å². The van der Waals surface area contributed by atoms with Crippen LogP contribution in [0.5, 0.6) is 0 Å². The van der Waals surface area contributed by atoms with Gasteiger partial charge in [0.2, 0.25) is 0 Å². The van der Waals surface area contributed by atoms with Gasteiger partial charge >= 0.3 is 18.2 Å². The number of alkyl carbamates (subject to hydrolysis) is 1. The van der Waals surface area contributed by atoms with Crippen molar-refractivity contribution in [1.29, 1.82) is 0 Å². The first-order valence-corrected chi connectivity index (χ1v) is 11.9. The first-order chi connectivity index (χ1) is 16.7. The largest absolute Gasteiger partial charge is 0.481 e. The Bertz CT molecular complexity index is 1000. The number of nitrogens with one attached hydrogen (secondary N) is 1. The molecule has 3 rings (SSSR count). The predicted octanol–water partition coefficient (Wildman–Crippen LogP) is 5.02. The molecule has 2 amide bonds. The zero-order valence-corrected chi connectivity index (χ0v) is 20.6. The number of hydrogen-bond acceptors (Lipinski definition) is 5. The van der Waals surface area contributed by atoms with Crippen molar-refractivity contribution >= 4 is 18.2 Å².